The first-order valence-electron chi connectivity index (χ1n) is 6.79. The largest absolute Gasteiger partial charge is 0.334 e. The third-order valence-electron chi connectivity index (χ3n) is 2.94. The molecule has 7 heteroatoms. The standard InChI is InChI=1S/C13H21N5S2/c1-10(9-18-7-6-15-11(18)2)14-5-4-8-19-13-17-16-12(3)20-13/h6-7,10,14H,4-5,8-9H2,1-3H3. The first-order chi connectivity index (χ1) is 9.65. The van der Waals surface area contributed by atoms with Gasteiger partial charge in [0.25, 0.3) is 0 Å². The van der Waals surface area contributed by atoms with Crippen LogP contribution in [0, 0.1) is 13.8 Å². The quantitative estimate of drug-likeness (QED) is 0.600. The van der Waals surface area contributed by atoms with Gasteiger partial charge in [0.15, 0.2) is 4.34 Å². The van der Waals surface area contributed by atoms with Crippen molar-refractivity contribution in [2.24, 2.45) is 0 Å². The summed E-state index contributed by atoms with van der Waals surface area (Å²) in [6.07, 6.45) is 5.01. The van der Waals surface area contributed by atoms with Crippen LogP contribution >= 0.6 is 23.1 Å². The highest BCUT2D eigenvalue weighted by Gasteiger charge is 2.05. The van der Waals surface area contributed by atoms with Crippen LogP contribution in [0.3, 0.4) is 0 Å². The molecule has 2 aromatic heterocycles. The lowest BCUT2D eigenvalue weighted by Gasteiger charge is -2.15. The van der Waals surface area contributed by atoms with Crippen LogP contribution < -0.4 is 5.32 Å². The number of aryl methyl sites for hydroxylation is 2. The van der Waals surface area contributed by atoms with E-state index in [0.717, 1.165) is 40.4 Å². The Morgan fingerprint density at radius 1 is 1.40 bits per heavy atom. The highest BCUT2D eigenvalue weighted by molar-refractivity contribution is 8.01. The maximum Gasteiger partial charge on any atom is 0.174 e. The molecule has 0 radical (unpaired) electrons. The number of thioether (sulfide) groups is 1. The van der Waals surface area contributed by atoms with Crippen LogP contribution in [0.25, 0.3) is 0 Å². The smallest absolute Gasteiger partial charge is 0.174 e. The van der Waals surface area contributed by atoms with Crippen molar-refractivity contribution in [2.45, 2.75) is 44.1 Å². The van der Waals surface area contributed by atoms with Crippen LogP contribution in [-0.2, 0) is 6.54 Å². The number of rotatable bonds is 8. The van der Waals surface area contributed by atoms with Crippen LogP contribution in [0.4, 0.5) is 0 Å². The summed E-state index contributed by atoms with van der Waals surface area (Å²) in [6.45, 7) is 8.23. The fourth-order valence-corrected chi connectivity index (χ4v) is 3.70. The number of imidazole rings is 1. The molecule has 0 bridgehead atoms. The molecule has 0 aliphatic carbocycles. The molecule has 110 valence electrons. The summed E-state index contributed by atoms with van der Waals surface area (Å²) in [6, 6.07) is 0.455. The summed E-state index contributed by atoms with van der Waals surface area (Å²) < 4.78 is 3.25. The van der Waals surface area contributed by atoms with Gasteiger partial charge in [-0.15, -0.1) is 10.2 Å². The minimum Gasteiger partial charge on any atom is -0.334 e. The number of hydrogen-bond donors (Lipinski definition) is 1. The molecule has 0 aromatic carbocycles. The van der Waals surface area contributed by atoms with Crippen molar-refractivity contribution in [3.8, 4) is 0 Å². The minimum absolute atomic E-state index is 0.455. The Bertz CT molecular complexity index is 522. The second-order valence-corrected chi connectivity index (χ2v) is 7.29. The van der Waals surface area contributed by atoms with E-state index in [2.05, 4.69) is 32.0 Å². The van der Waals surface area contributed by atoms with Gasteiger partial charge in [0.05, 0.1) is 0 Å². The molecule has 0 spiro atoms. The van der Waals surface area contributed by atoms with Gasteiger partial charge in [0.1, 0.15) is 10.8 Å². The molecule has 2 heterocycles. The fraction of sp³-hybridized carbons (Fsp3) is 0.615. The fourth-order valence-electron chi connectivity index (χ4n) is 1.87. The lowest BCUT2D eigenvalue weighted by Crippen LogP contribution is -2.31. The average molecular weight is 311 g/mol. The van der Waals surface area contributed by atoms with Crippen molar-refractivity contribution >= 4 is 23.1 Å². The Morgan fingerprint density at radius 3 is 2.90 bits per heavy atom. The summed E-state index contributed by atoms with van der Waals surface area (Å²) in [4.78, 5) is 4.24. The van der Waals surface area contributed by atoms with Crippen molar-refractivity contribution in [3.05, 3.63) is 23.2 Å². The molecule has 5 nitrogen and oxygen atoms in total. The molecular formula is C13H21N5S2. The van der Waals surface area contributed by atoms with E-state index in [9.17, 15) is 0 Å². The molecule has 0 aliphatic heterocycles. The molecule has 1 N–H and O–H groups in total. The molecule has 0 saturated heterocycles. The van der Waals surface area contributed by atoms with Crippen molar-refractivity contribution in [1.82, 2.24) is 25.1 Å². The Labute approximate surface area is 128 Å². The summed E-state index contributed by atoms with van der Waals surface area (Å²) in [5, 5.41) is 12.7. The predicted octanol–water partition coefficient (Wildman–Crippen LogP) is 2.51. The first-order valence-corrected chi connectivity index (χ1v) is 8.59. The van der Waals surface area contributed by atoms with Gasteiger partial charge in [0, 0.05) is 30.7 Å². The van der Waals surface area contributed by atoms with E-state index < -0.39 is 0 Å². The number of hydrogen-bond acceptors (Lipinski definition) is 6. The second-order valence-electron chi connectivity index (χ2n) is 4.77. The van der Waals surface area contributed by atoms with Crippen molar-refractivity contribution in [3.63, 3.8) is 0 Å². The summed E-state index contributed by atoms with van der Waals surface area (Å²) in [7, 11) is 0. The zero-order chi connectivity index (χ0) is 14.4. The molecule has 0 amide bonds. The van der Waals surface area contributed by atoms with E-state index in [4.69, 9.17) is 0 Å². The third kappa shape index (κ3) is 4.88. The van der Waals surface area contributed by atoms with Crippen LogP contribution in [0.1, 0.15) is 24.2 Å². The number of nitrogens with zero attached hydrogens (tertiary/aromatic N) is 4. The number of aromatic nitrogens is 4. The molecule has 1 unspecified atom stereocenters. The van der Waals surface area contributed by atoms with Crippen molar-refractivity contribution in [2.75, 3.05) is 12.3 Å². The van der Waals surface area contributed by atoms with E-state index in [1.54, 1.807) is 23.1 Å². The van der Waals surface area contributed by atoms with E-state index in [-0.39, 0.29) is 0 Å². The molecule has 0 aliphatic rings. The normalized spacial score (nSPS) is 12.8. The predicted molar refractivity (Wildman–Crippen MR) is 84.4 cm³/mol. The van der Waals surface area contributed by atoms with Crippen LogP contribution in [0.2, 0.25) is 0 Å². The maximum absolute atomic E-state index is 4.24. The monoisotopic (exact) mass is 311 g/mol. The van der Waals surface area contributed by atoms with Crippen LogP contribution in [-0.4, -0.2) is 38.1 Å². The highest BCUT2D eigenvalue weighted by Crippen LogP contribution is 2.21. The van der Waals surface area contributed by atoms with Gasteiger partial charge in [-0.1, -0.05) is 23.1 Å². The number of nitrogens with one attached hydrogen (secondary N) is 1. The van der Waals surface area contributed by atoms with E-state index >= 15 is 0 Å². The summed E-state index contributed by atoms with van der Waals surface area (Å²) in [5.74, 6) is 2.15. The maximum atomic E-state index is 4.24. The van der Waals surface area contributed by atoms with Gasteiger partial charge < -0.3 is 9.88 Å². The third-order valence-corrected chi connectivity index (χ3v) is 5.00. The van der Waals surface area contributed by atoms with E-state index in [1.165, 1.54) is 0 Å². The molecule has 1 atom stereocenters. The van der Waals surface area contributed by atoms with Gasteiger partial charge >= 0.3 is 0 Å². The molecule has 0 fully saturated rings. The molecule has 0 saturated carbocycles. The van der Waals surface area contributed by atoms with Gasteiger partial charge in [-0.25, -0.2) is 4.98 Å². The lowest BCUT2D eigenvalue weighted by molar-refractivity contribution is 0.472. The Morgan fingerprint density at radius 2 is 2.25 bits per heavy atom. The zero-order valence-electron chi connectivity index (χ0n) is 12.2. The van der Waals surface area contributed by atoms with E-state index in [0.29, 0.717) is 6.04 Å². The lowest BCUT2D eigenvalue weighted by atomic mass is 10.3. The second kappa shape index (κ2) is 7.75. The van der Waals surface area contributed by atoms with Crippen LogP contribution in [0.15, 0.2) is 16.7 Å². The highest BCUT2D eigenvalue weighted by atomic mass is 32.2. The topological polar surface area (TPSA) is 55.6 Å². The van der Waals surface area contributed by atoms with Gasteiger partial charge in [0.2, 0.25) is 0 Å². The average Bonchev–Trinajstić information content (AvgIpc) is 2.99. The SMILES string of the molecule is Cc1nnc(SCCCNC(C)Cn2ccnc2C)s1. The van der Waals surface area contributed by atoms with E-state index in [1.807, 2.05) is 26.2 Å². The minimum atomic E-state index is 0.455. The Balaban J connectivity index is 1.57. The Kier molecular flexibility index (Phi) is 6.00. The molecule has 20 heavy (non-hydrogen) atoms. The summed E-state index contributed by atoms with van der Waals surface area (Å²) in [5.41, 5.74) is 0. The van der Waals surface area contributed by atoms with Crippen molar-refractivity contribution in [1.29, 1.82) is 0 Å². The zero-order valence-corrected chi connectivity index (χ0v) is 13.8. The molecular weight excluding hydrogens is 290 g/mol. The van der Waals surface area contributed by atoms with Gasteiger partial charge in [-0.2, -0.15) is 0 Å². The Hall–Kier alpha value is -0.920. The molecule has 2 aromatic rings. The van der Waals surface area contributed by atoms with Crippen LogP contribution in [0.5, 0.6) is 0 Å². The van der Waals surface area contributed by atoms with Crippen molar-refractivity contribution < 1.29 is 0 Å². The van der Waals surface area contributed by atoms with Gasteiger partial charge in [-0.05, 0) is 33.7 Å². The first kappa shape index (κ1) is 15.5. The van der Waals surface area contributed by atoms with Gasteiger partial charge in [-0.3, -0.25) is 0 Å². The molecule has 2 rings (SSSR count). The summed E-state index contributed by atoms with van der Waals surface area (Å²) >= 11 is 3.46.